The lowest BCUT2D eigenvalue weighted by molar-refractivity contribution is -0.128. The third-order valence-corrected chi connectivity index (χ3v) is 4.25. The van der Waals surface area contributed by atoms with Gasteiger partial charge in [0.15, 0.2) is 0 Å². The zero-order chi connectivity index (χ0) is 13.6. The molecule has 0 aromatic rings. The molecular formula is C13H25N3O2. The molecule has 104 valence electrons. The molecule has 1 rings (SSSR count). The van der Waals surface area contributed by atoms with Crippen molar-refractivity contribution in [3.63, 3.8) is 0 Å². The second kappa shape index (κ2) is 6.73. The van der Waals surface area contributed by atoms with Gasteiger partial charge in [-0.2, -0.15) is 0 Å². The van der Waals surface area contributed by atoms with E-state index in [1.54, 1.807) is 0 Å². The molecule has 6 N–H and O–H groups in total. The van der Waals surface area contributed by atoms with Crippen molar-refractivity contribution in [2.45, 2.75) is 51.4 Å². The number of primary amides is 2. The van der Waals surface area contributed by atoms with Crippen LogP contribution in [0.1, 0.15) is 51.4 Å². The molecule has 0 radical (unpaired) electrons. The molecule has 0 saturated heterocycles. The Morgan fingerprint density at radius 3 is 2.17 bits per heavy atom. The quantitative estimate of drug-likeness (QED) is 0.620. The lowest BCUT2D eigenvalue weighted by atomic mass is 9.64. The SMILES string of the molecule is NCC1(C(CCCC(N)=O)C(N)=O)CCCCC1. The molecule has 1 saturated carbocycles. The van der Waals surface area contributed by atoms with Crippen LogP contribution >= 0.6 is 0 Å². The molecule has 1 aliphatic carbocycles. The molecule has 0 bridgehead atoms. The molecule has 1 aliphatic rings. The molecule has 1 unspecified atom stereocenters. The molecule has 5 heteroatoms. The van der Waals surface area contributed by atoms with Crippen LogP contribution in [0.5, 0.6) is 0 Å². The average Bonchev–Trinajstić information content (AvgIpc) is 2.34. The Hall–Kier alpha value is -1.10. The first-order valence-electron chi connectivity index (χ1n) is 6.79. The van der Waals surface area contributed by atoms with E-state index in [0.29, 0.717) is 25.8 Å². The van der Waals surface area contributed by atoms with Crippen molar-refractivity contribution in [3.05, 3.63) is 0 Å². The van der Waals surface area contributed by atoms with Gasteiger partial charge >= 0.3 is 0 Å². The average molecular weight is 255 g/mol. The van der Waals surface area contributed by atoms with E-state index in [1.165, 1.54) is 6.42 Å². The molecule has 5 nitrogen and oxygen atoms in total. The Kier molecular flexibility index (Phi) is 5.59. The lowest BCUT2D eigenvalue weighted by Gasteiger charge is -2.41. The van der Waals surface area contributed by atoms with Gasteiger partial charge in [0.25, 0.3) is 0 Å². The molecule has 0 aromatic heterocycles. The first-order valence-corrected chi connectivity index (χ1v) is 6.79. The molecule has 0 spiro atoms. The molecular weight excluding hydrogens is 230 g/mol. The van der Waals surface area contributed by atoms with Crippen LogP contribution in [0.25, 0.3) is 0 Å². The zero-order valence-electron chi connectivity index (χ0n) is 11.0. The van der Waals surface area contributed by atoms with Crippen LogP contribution in [0.3, 0.4) is 0 Å². The van der Waals surface area contributed by atoms with Crippen LogP contribution in [0.15, 0.2) is 0 Å². The second-order valence-corrected chi connectivity index (χ2v) is 5.44. The summed E-state index contributed by atoms with van der Waals surface area (Å²) < 4.78 is 0. The lowest BCUT2D eigenvalue weighted by Crippen LogP contribution is -2.45. The van der Waals surface area contributed by atoms with Gasteiger partial charge in [-0.25, -0.2) is 0 Å². The Morgan fingerprint density at radius 2 is 1.72 bits per heavy atom. The van der Waals surface area contributed by atoms with Crippen molar-refractivity contribution in [2.75, 3.05) is 6.54 Å². The van der Waals surface area contributed by atoms with Crippen molar-refractivity contribution < 1.29 is 9.59 Å². The molecule has 1 fully saturated rings. The number of rotatable bonds is 7. The molecule has 18 heavy (non-hydrogen) atoms. The largest absolute Gasteiger partial charge is 0.370 e. The molecule has 2 amide bonds. The molecule has 0 aliphatic heterocycles. The fourth-order valence-electron chi connectivity index (χ4n) is 3.18. The van der Waals surface area contributed by atoms with Crippen LogP contribution in [0, 0.1) is 11.3 Å². The summed E-state index contributed by atoms with van der Waals surface area (Å²) in [6, 6.07) is 0. The van der Waals surface area contributed by atoms with E-state index >= 15 is 0 Å². The highest BCUT2D eigenvalue weighted by Crippen LogP contribution is 2.43. The van der Waals surface area contributed by atoms with E-state index in [0.717, 1.165) is 25.7 Å². The van der Waals surface area contributed by atoms with E-state index in [4.69, 9.17) is 17.2 Å². The first-order chi connectivity index (χ1) is 8.52. The number of carbonyl (C=O) groups excluding carboxylic acids is 2. The smallest absolute Gasteiger partial charge is 0.221 e. The molecule has 0 aromatic carbocycles. The van der Waals surface area contributed by atoms with E-state index in [2.05, 4.69) is 0 Å². The van der Waals surface area contributed by atoms with Crippen LogP contribution in [-0.2, 0) is 9.59 Å². The van der Waals surface area contributed by atoms with Gasteiger partial charge in [-0.1, -0.05) is 19.3 Å². The van der Waals surface area contributed by atoms with Crippen molar-refractivity contribution in [1.82, 2.24) is 0 Å². The number of nitrogens with two attached hydrogens (primary N) is 3. The Labute approximate surface area is 108 Å². The van der Waals surface area contributed by atoms with Crippen LogP contribution in [-0.4, -0.2) is 18.4 Å². The summed E-state index contributed by atoms with van der Waals surface area (Å²) in [7, 11) is 0. The summed E-state index contributed by atoms with van der Waals surface area (Å²) in [4.78, 5) is 22.4. The fourth-order valence-corrected chi connectivity index (χ4v) is 3.18. The third kappa shape index (κ3) is 3.70. The minimum atomic E-state index is -0.330. The van der Waals surface area contributed by atoms with E-state index in [9.17, 15) is 9.59 Å². The number of hydrogen-bond donors (Lipinski definition) is 3. The first kappa shape index (κ1) is 15.0. The van der Waals surface area contributed by atoms with Crippen molar-refractivity contribution in [2.24, 2.45) is 28.5 Å². The monoisotopic (exact) mass is 255 g/mol. The van der Waals surface area contributed by atoms with E-state index in [1.807, 2.05) is 0 Å². The van der Waals surface area contributed by atoms with Gasteiger partial charge in [-0.05, 0) is 37.6 Å². The van der Waals surface area contributed by atoms with Crippen LogP contribution in [0.2, 0.25) is 0 Å². The Bertz CT molecular complexity index is 299. The van der Waals surface area contributed by atoms with Gasteiger partial charge in [0, 0.05) is 12.3 Å². The molecule has 0 heterocycles. The van der Waals surface area contributed by atoms with E-state index in [-0.39, 0.29) is 23.1 Å². The number of carbonyl (C=O) groups is 2. The van der Waals surface area contributed by atoms with Crippen molar-refractivity contribution >= 4 is 11.8 Å². The maximum atomic E-state index is 11.7. The number of hydrogen-bond acceptors (Lipinski definition) is 3. The van der Waals surface area contributed by atoms with Gasteiger partial charge < -0.3 is 17.2 Å². The number of amides is 2. The van der Waals surface area contributed by atoms with Gasteiger partial charge in [0.2, 0.25) is 11.8 Å². The topological polar surface area (TPSA) is 112 Å². The van der Waals surface area contributed by atoms with Gasteiger partial charge in [0.05, 0.1) is 0 Å². The minimum Gasteiger partial charge on any atom is -0.370 e. The minimum absolute atomic E-state index is 0.151. The summed E-state index contributed by atoms with van der Waals surface area (Å²) in [6.07, 6.45) is 6.90. The van der Waals surface area contributed by atoms with Gasteiger partial charge in [-0.15, -0.1) is 0 Å². The normalized spacial score (nSPS) is 20.3. The Morgan fingerprint density at radius 1 is 1.11 bits per heavy atom. The predicted octanol–water partition coefficient (Wildman–Crippen LogP) is 0.653. The Balaban J connectivity index is 2.68. The summed E-state index contributed by atoms with van der Waals surface area (Å²) in [5, 5.41) is 0. The van der Waals surface area contributed by atoms with E-state index < -0.39 is 0 Å². The van der Waals surface area contributed by atoms with Crippen molar-refractivity contribution in [3.8, 4) is 0 Å². The second-order valence-electron chi connectivity index (χ2n) is 5.44. The predicted molar refractivity (Wildman–Crippen MR) is 70.3 cm³/mol. The van der Waals surface area contributed by atoms with Crippen LogP contribution in [0.4, 0.5) is 0 Å². The van der Waals surface area contributed by atoms with Gasteiger partial charge in [-0.3, -0.25) is 9.59 Å². The zero-order valence-corrected chi connectivity index (χ0v) is 11.0. The molecule has 1 atom stereocenters. The fraction of sp³-hybridized carbons (Fsp3) is 0.846. The van der Waals surface area contributed by atoms with Gasteiger partial charge in [0.1, 0.15) is 0 Å². The maximum absolute atomic E-state index is 11.7. The highest BCUT2D eigenvalue weighted by Gasteiger charge is 2.41. The summed E-state index contributed by atoms with van der Waals surface area (Å²) >= 11 is 0. The highest BCUT2D eigenvalue weighted by atomic mass is 16.1. The van der Waals surface area contributed by atoms with Crippen molar-refractivity contribution in [1.29, 1.82) is 0 Å². The standard InChI is InChI=1S/C13H25N3O2/c14-9-13(7-2-1-3-8-13)10(12(16)18)5-4-6-11(15)17/h10H,1-9,14H2,(H2,15,17)(H2,16,18). The van der Waals surface area contributed by atoms with Crippen LogP contribution < -0.4 is 17.2 Å². The maximum Gasteiger partial charge on any atom is 0.221 e. The summed E-state index contributed by atoms with van der Waals surface area (Å²) in [5.41, 5.74) is 16.4. The third-order valence-electron chi connectivity index (χ3n) is 4.25. The summed E-state index contributed by atoms with van der Waals surface area (Å²) in [5.74, 6) is -0.836. The summed E-state index contributed by atoms with van der Waals surface area (Å²) in [6.45, 7) is 0.497. The highest BCUT2D eigenvalue weighted by molar-refractivity contribution is 5.78.